The van der Waals surface area contributed by atoms with E-state index in [-0.39, 0.29) is 5.78 Å². The number of unbranched alkanes of at least 4 members (excludes halogenated alkanes) is 16. The molecule has 0 spiro atoms. The molecule has 0 N–H and O–H groups in total. The molecule has 0 aromatic heterocycles. The van der Waals surface area contributed by atoms with Crippen LogP contribution in [0.3, 0.4) is 0 Å². The molecule has 0 saturated heterocycles. The minimum atomic E-state index is -2.36. The lowest BCUT2D eigenvalue weighted by Gasteiger charge is -2.27. The Hall–Kier alpha value is -0.240. The normalized spacial score (nSPS) is 13.8. The Morgan fingerprint density at radius 3 is 1.40 bits per heavy atom. The fourth-order valence-corrected chi connectivity index (χ4v) is 4.99. The maximum Gasteiger partial charge on any atom is 0.373 e. The summed E-state index contributed by atoms with van der Waals surface area (Å²) in [7, 11) is 3.50. The first-order chi connectivity index (χ1) is 14.4. The van der Waals surface area contributed by atoms with E-state index in [2.05, 4.69) is 19.1 Å². The summed E-state index contributed by atoms with van der Waals surface area (Å²) in [5.74, 6) is -0.278. The molecule has 4 heteroatoms. The highest BCUT2D eigenvalue weighted by Crippen LogP contribution is 2.28. The zero-order valence-corrected chi connectivity index (χ0v) is 21.8. The average Bonchev–Trinajstić information content (AvgIpc) is 2.68. The van der Waals surface area contributed by atoms with Gasteiger partial charge >= 0.3 is 8.03 Å². The number of hydrogen-bond donors (Lipinski definition) is 0. The Morgan fingerprint density at radius 2 is 1.03 bits per heavy atom. The lowest BCUT2D eigenvalue weighted by molar-refractivity contribution is -0.883. The lowest BCUT2D eigenvalue weighted by Crippen LogP contribution is -2.44. The van der Waals surface area contributed by atoms with Gasteiger partial charge in [-0.05, 0) is 19.3 Å². The van der Waals surface area contributed by atoms with Crippen molar-refractivity contribution < 1.29 is 13.9 Å². The first-order valence-corrected chi connectivity index (χ1v) is 14.2. The van der Waals surface area contributed by atoms with Crippen molar-refractivity contribution in [3.05, 3.63) is 12.2 Å². The van der Waals surface area contributed by atoms with E-state index >= 15 is 0 Å². The second-order valence-corrected chi connectivity index (χ2v) is 11.2. The third kappa shape index (κ3) is 19.7. The summed E-state index contributed by atoms with van der Waals surface area (Å²) in [5, 5.41) is 0. The fraction of sp³-hybridized carbons (Fsp3) is 0.923. The van der Waals surface area contributed by atoms with E-state index < -0.39 is 8.03 Å². The van der Waals surface area contributed by atoms with Gasteiger partial charge in [0.05, 0.1) is 27.6 Å². The predicted molar refractivity (Wildman–Crippen MR) is 132 cm³/mol. The molecule has 0 aromatic rings. The monoisotopic (exact) mass is 442 g/mol. The Balaban J connectivity index is 3.33. The van der Waals surface area contributed by atoms with Crippen molar-refractivity contribution in [1.82, 2.24) is 0 Å². The molecule has 0 saturated carbocycles. The molecule has 0 heterocycles. The number of nitrogens with zero attached hydrogens (tertiary/aromatic N) is 1. The molecule has 2 atom stereocenters. The van der Waals surface area contributed by atoms with E-state index in [0.717, 1.165) is 19.3 Å². The number of quaternary nitrogens is 1. The predicted octanol–water partition coefficient (Wildman–Crippen LogP) is 8.11. The van der Waals surface area contributed by atoms with Crippen LogP contribution in [0.2, 0.25) is 0 Å². The third-order valence-electron chi connectivity index (χ3n) is 6.12. The van der Waals surface area contributed by atoms with Crippen LogP contribution in [0.25, 0.3) is 0 Å². The Kier molecular flexibility index (Phi) is 20.5. The molecule has 0 aliphatic rings. The van der Waals surface area contributed by atoms with Gasteiger partial charge in [-0.1, -0.05) is 120 Å². The minimum Gasteiger partial charge on any atom is -0.591 e. The largest absolute Gasteiger partial charge is 0.591 e. The van der Waals surface area contributed by atoms with Gasteiger partial charge in [-0.25, -0.2) is 0 Å². The first-order valence-electron chi connectivity index (χ1n) is 13.0. The van der Waals surface area contributed by atoms with E-state index in [4.69, 9.17) is 0 Å². The number of allylic oxidation sites excluding steroid dienone is 2. The fourth-order valence-electron chi connectivity index (χ4n) is 4.07. The SMILES string of the molecule is CCCCCCCCCCCCCCCCCCC=CCCC([P+](=O)[O-])[N+](C)(C)C. The molecule has 0 aliphatic carbocycles. The van der Waals surface area contributed by atoms with Gasteiger partial charge in [0.15, 0.2) is 0 Å². The topological polar surface area (TPSA) is 40.1 Å². The van der Waals surface area contributed by atoms with E-state index in [9.17, 15) is 9.46 Å². The Labute approximate surface area is 190 Å². The average molecular weight is 443 g/mol. The number of hydrogen-bond acceptors (Lipinski definition) is 2. The number of rotatable bonds is 22. The highest BCUT2D eigenvalue weighted by atomic mass is 31.1. The minimum absolute atomic E-state index is 0.278. The van der Waals surface area contributed by atoms with Gasteiger partial charge < -0.3 is 4.89 Å². The molecule has 30 heavy (non-hydrogen) atoms. The first kappa shape index (κ1) is 29.8. The summed E-state index contributed by atoms with van der Waals surface area (Å²) in [5.41, 5.74) is 0. The van der Waals surface area contributed by atoms with Gasteiger partial charge in [0.2, 0.25) is 0 Å². The smallest absolute Gasteiger partial charge is 0.373 e. The van der Waals surface area contributed by atoms with Gasteiger partial charge in [0, 0.05) is 0 Å². The Bertz CT molecular complexity index is 418. The van der Waals surface area contributed by atoms with Crippen LogP contribution in [0.5, 0.6) is 0 Å². The van der Waals surface area contributed by atoms with Crippen molar-refractivity contribution in [3.8, 4) is 0 Å². The molecule has 0 amide bonds. The molecule has 178 valence electrons. The standard InChI is InChI=1S/C26H53NO2P/c1-5-6-7-8-9-10-11-12-13-14-15-16-17-18-19-20-21-22-23-24-25-26(30(28)29)27(2,3)4/h22-23,26H,5-21,24-25H2,1-4H3/q+1. The maximum absolute atomic E-state index is 11.4. The highest BCUT2D eigenvalue weighted by Gasteiger charge is 2.34. The summed E-state index contributed by atoms with van der Waals surface area (Å²) in [6, 6.07) is 0. The summed E-state index contributed by atoms with van der Waals surface area (Å²) in [6.07, 6.45) is 29.7. The van der Waals surface area contributed by atoms with Crippen molar-refractivity contribution in [2.75, 3.05) is 21.1 Å². The maximum atomic E-state index is 11.4. The lowest BCUT2D eigenvalue weighted by atomic mass is 10.0. The molecule has 2 unspecified atom stereocenters. The summed E-state index contributed by atoms with van der Waals surface area (Å²) >= 11 is 0. The molecule has 0 aromatic carbocycles. The van der Waals surface area contributed by atoms with Gasteiger partial charge in [-0.3, -0.25) is 4.48 Å². The second kappa shape index (κ2) is 20.7. The van der Waals surface area contributed by atoms with Gasteiger partial charge in [0.25, 0.3) is 5.78 Å². The van der Waals surface area contributed by atoms with Crippen LogP contribution >= 0.6 is 8.03 Å². The molecule has 0 rings (SSSR count). The van der Waals surface area contributed by atoms with Crippen molar-refractivity contribution in [2.45, 2.75) is 135 Å². The zero-order chi connectivity index (χ0) is 22.5. The van der Waals surface area contributed by atoms with Crippen molar-refractivity contribution in [2.24, 2.45) is 0 Å². The van der Waals surface area contributed by atoms with Crippen LogP contribution in [-0.2, 0) is 4.57 Å². The van der Waals surface area contributed by atoms with Crippen molar-refractivity contribution in [1.29, 1.82) is 0 Å². The molecule has 0 aliphatic heterocycles. The van der Waals surface area contributed by atoms with Crippen LogP contribution in [0, 0.1) is 0 Å². The summed E-state index contributed by atoms with van der Waals surface area (Å²) in [4.78, 5) is 11.4. The zero-order valence-electron chi connectivity index (χ0n) is 20.9. The van der Waals surface area contributed by atoms with Gasteiger partial charge in [-0.15, -0.1) is 0 Å². The van der Waals surface area contributed by atoms with Gasteiger partial charge in [0.1, 0.15) is 0 Å². The highest BCUT2D eigenvalue weighted by molar-refractivity contribution is 7.37. The van der Waals surface area contributed by atoms with E-state index in [1.54, 1.807) is 0 Å². The molecule has 0 radical (unpaired) electrons. The summed E-state index contributed by atoms with van der Waals surface area (Å²) in [6.45, 7) is 2.29. The Morgan fingerprint density at radius 1 is 0.667 bits per heavy atom. The quantitative estimate of drug-likeness (QED) is 0.0735. The van der Waals surface area contributed by atoms with E-state index in [1.807, 2.05) is 21.1 Å². The molecule has 0 fully saturated rings. The second-order valence-electron chi connectivity index (χ2n) is 10.0. The van der Waals surface area contributed by atoms with Crippen LogP contribution in [-0.4, -0.2) is 31.4 Å². The van der Waals surface area contributed by atoms with E-state index in [0.29, 0.717) is 4.48 Å². The molecular formula is C26H53NO2P+. The van der Waals surface area contributed by atoms with Crippen molar-refractivity contribution in [3.63, 3.8) is 0 Å². The summed E-state index contributed by atoms with van der Waals surface area (Å²) < 4.78 is 11.9. The molecule has 0 bridgehead atoms. The van der Waals surface area contributed by atoms with Gasteiger partial charge in [-0.2, -0.15) is 0 Å². The van der Waals surface area contributed by atoms with Crippen LogP contribution in [0.1, 0.15) is 129 Å². The van der Waals surface area contributed by atoms with E-state index in [1.165, 1.54) is 103 Å². The molecule has 3 nitrogen and oxygen atoms in total. The van der Waals surface area contributed by atoms with Crippen molar-refractivity contribution >= 4 is 8.03 Å². The van der Waals surface area contributed by atoms with Crippen LogP contribution in [0.4, 0.5) is 0 Å². The molecular weight excluding hydrogens is 389 g/mol. The van der Waals surface area contributed by atoms with Crippen LogP contribution in [0.15, 0.2) is 12.2 Å². The van der Waals surface area contributed by atoms with Crippen LogP contribution < -0.4 is 4.89 Å². The third-order valence-corrected chi connectivity index (χ3v) is 7.56.